The number of imidazole rings is 1. The van der Waals surface area contributed by atoms with E-state index in [1.165, 1.54) is 31.2 Å². The number of nitrogens with zero attached hydrogens (tertiary/aromatic N) is 5. The zero-order valence-electron chi connectivity index (χ0n) is 15.4. The van der Waals surface area contributed by atoms with Crippen LogP contribution >= 0.6 is 11.8 Å². The van der Waals surface area contributed by atoms with E-state index in [4.69, 9.17) is 4.98 Å². The first-order valence-electron chi connectivity index (χ1n) is 9.19. The van der Waals surface area contributed by atoms with Crippen molar-refractivity contribution in [1.82, 2.24) is 24.3 Å². The summed E-state index contributed by atoms with van der Waals surface area (Å²) in [6.45, 7) is 5.39. The minimum absolute atomic E-state index is 0.793. The van der Waals surface area contributed by atoms with Gasteiger partial charge in [-0.15, -0.1) is 10.2 Å². The fraction of sp³-hybridized carbons (Fsp3) is 0.526. The van der Waals surface area contributed by atoms with Crippen LogP contribution in [-0.4, -0.2) is 24.3 Å². The molecule has 0 fully saturated rings. The van der Waals surface area contributed by atoms with Crippen LogP contribution in [0.1, 0.15) is 51.2 Å². The highest BCUT2D eigenvalue weighted by Crippen LogP contribution is 2.27. The van der Waals surface area contributed by atoms with E-state index in [0.29, 0.717) is 0 Å². The second kappa shape index (κ2) is 8.52. The number of rotatable bonds is 9. The molecule has 0 atom stereocenters. The maximum absolute atomic E-state index is 4.85. The van der Waals surface area contributed by atoms with Gasteiger partial charge in [0.25, 0.3) is 0 Å². The second-order valence-corrected chi connectivity index (χ2v) is 7.27. The normalized spacial score (nSPS) is 11.5. The molecule has 0 spiro atoms. The summed E-state index contributed by atoms with van der Waals surface area (Å²) in [5, 5.41) is 9.66. The van der Waals surface area contributed by atoms with Crippen LogP contribution < -0.4 is 0 Å². The first-order chi connectivity index (χ1) is 12.2. The third-order valence-corrected chi connectivity index (χ3v) is 5.53. The van der Waals surface area contributed by atoms with Gasteiger partial charge in [-0.25, -0.2) is 4.98 Å². The SMILES string of the molecule is CCCCCCn1c(SCc2nnc(CC)n2C)nc2ccccc21. The number of hydrogen-bond donors (Lipinski definition) is 0. The maximum Gasteiger partial charge on any atom is 0.169 e. The minimum atomic E-state index is 0.793. The predicted octanol–water partition coefficient (Wildman–Crippen LogP) is 4.60. The van der Waals surface area contributed by atoms with Crippen molar-refractivity contribution in [2.75, 3.05) is 0 Å². The van der Waals surface area contributed by atoms with Gasteiger partial charge in [0, 0.05) is 20.0 Å². The molecule has 0 N–H and O–H groups in total. The molecular weight excluding hydrogens is 330 g/mol. The van der Waals surface area contributed by atoms with Crippen LogP contribution in [0.15, 0.2) is 29.4 Å². The molecule has 5 nitrogen and oxygen atoms in total. The van der Waals surface area contributed by atoms with Crippen molar-refractivity contribution < 1.29 is 0 Å². The number of unbranched alkanes of at least 4 members (excludes halogenated alkanes) is 3. The molecule has 3 aromatic rings. The smallest absolute Gasteiger partial charge is 0.169 e. The molecule has 0 aliphatic carbocycles. The lowest BCUT2D eigenvalue weighted by Crippen LogP contribution is -2.03. The molecule has 134 valence electrons. The summed E-state index contributed by atoms with van der Waals surface area (Å²) in [4.78, 5) is 4.85. The summed E-state index contributed by atoms with van der Waals surface area (Å²) >= 11 is 1.76. The molecule has 2 aromatic heterocycles. The molecule has 0 unspecified atom stereocenters. The standard InChI is InChI=1S/C19H27N5S/c1-4-6-7-10-13-24-16-12-9-8-11-15(16)20-19(24)25-14-18-22-21-17(5-2)23(18)3/h8-9,11-12H,4-7,10,13-14H2,1-3H3. The molecule has 3 rings (SSSR count). The van der Waals surface area contributed by atoms with Gasteiger partial charge in [-0.05, 0) is 18.6 Å². The molecule has 1 aromatic carbocycles. The Bertz CT molecular complexity index is 820. The Morgan fingerprint density at radius 1 is 1.00 bits per heavy atom. The average Bonchev–Trinajstić information content (AvgIpc) is 3.17. The van der Waals surface area contributed by atoms with Gasteiger partial charge in [0.15, 0.2) is 5.16 Å². The molecule has 0 amide bonds. The van der Waals surface area contributed by atoms with Crippen molar-refractivity contribution in [2.45, 2.75) is 63.4 Å². The Hall–Kier alpha value is -1.82. The van der Waals surface area contributed by atoms with Crippen molar-refractivity contribution >= 4 is 22.8 Å². The fourth-order valence-electron chi connectivity index (χ4n) is 3.04. The summed E-state index contributed by atoms with van der Waals surface area (Å²) in [5.41, 5.74) is 2.31. The summed E-state index contributed by atoms with van der Waals surface area (Å²) in [6, 6.07) is 8.42. The Morgan fingerprint density at radius 2 is 1.80 bits per heavy atom. The van der Waals surface area contributed by atoms with Crippen LogP contribution in [0, 0.1) is 0 Å². The molecule has 2 heterocycles. The van der Waals surface area contributed by atoms with Crippen molar-refractivity contribution in [3.8, 4) is 0 Å². The first kappa shape index (κ1) is 18.0. The summed E-state index contributed by atoms with van der Waals surface area (Å²) in [5.74, 6) is 2.83. The van der Waals surface area contributed by atoms with Crippen molar-refractivity contribution in [1.29, 1.82) is 0 Å². The Kier molecular flexibility index (Phi) is 6.13. The molecule has 25 heavy (non-hydrogen) atoms. The summed E-state index contributed by atoms with van der Waals surface area (Å²) < 4.78 is 4.47. The summed E-state index contributed by atoms with van der Waals surface area (Å²) in [7, 11) is 2.04. The van der Waals surface area contributed by atoms with Gasteiger partial charge >= 0.3 is 0 Å². The van der Waals surface area contributed by atoms with E-state index in [1.807, 2.05) is 7.05 Å². The van der Waals surface area contributed by atoms with E-state index in [1.54, 1.807) is 11.8 Å². The highest BCUT2D eigenvalue weighted by atomic mass is 32.2. The number of aromatic nitrogens is 5. The highest BCUT2D eigenvalue weighted by Gasteiger charge is 2.13. The predicted molar refractivity (Wildman–Crippen MR) is 104 cm³/mol. The molecule has 0 aliphatic rings. The first-order valence-corrected chi connectivity index (χ1v) is 10.2. The largest absolute Gasteiger partial charge is 0.319 e. The van der Waals surface area contributed by atoms with E-state index < -0.39 is 0 Å². The van der Waals surface area contributed by atoms with E-state index >= 15 is 0 Å². The van der Waals surface area contributed by atoms with Crippen LogP contribution in [0.2, 0.25) is 0 Å². The highest BCUT2D eigenvalue weighted by molar-refractivity contribution is 7.98. The molecular formula is C19H27N5S. The molecule has 0 saturated heterocycles. The fourth-order valence-corrected chi connectivity index (χ4v) is 4.06. The molecule has 0 radical (unpaired) electrons. The number of aryl methyl sites for hydroxylation is 2. The number of hydrogen-bond acceptors (Lipinski definition) is 4. The zero-order chi connectivity index (χ0) is 17.6. The minimum Gasteiger partial charge on any atom is -0.319 e. The third-order valence-electron chi connectivity index (χ3n) is 4.56. The Labute approximate surface area is 153 Å². The van der Waals surface area contributed by atoms with Crippen molar-refractivity contribution in [3.63, 3.8) is 0 Å². The Balaban J connectivity index is 1.78. The van der Waals surface area contributed by atoms with Gasteiger partial charge in [0.05, 0.1) is 16.8 Å². The van der Waals surface area contributed by atoms with Crippen LogP contribution in [0.4, 0.5) is 0 Å². The van der Waals surface area contributed by atoms with E-state index in [-0.39, 0.29) is 0 Å². The van der Waals surface area contributed by atoms with Gasteiger partial charge < -0.3 is 9.13 Å². The molecule has 0 bridgehead atoms. The second-order valence-electron chi connectivity index (χ2n) is 6.33. The van der Waals surface area contributed by atoms with E-state index in [9.17, 15) is 0 Å². The number of para-hydroxylation sites is 2. The lowest BCUT2D eigenvalue weighted by molar-refractivity contribution is 0.563. The van der Waals surface area contributed by atoms with Gasteiger partial charge in [0.2, 0.25) is 0 Å². The quantitative estimate of drug-likeness (QED) is 0.415. The van der Waals surface area contributed by atoms with Crippen molar-refractivity contribution in [2.24, 2.45) is 7.05 Å². The zero-order valence-corrected chi connectivity index (χ0v) is 16.2. The lowest BCUT2D eigenvalue weighted by Gasteiger charge is -2.09. The maximum atomic E-state index is 4.85. The molecule has 6 heteroatoms. The van der Waals surface area contributed by atoms with Crippen LogP contribution in [0.3, 0.4) is 0 Å². The number of fused-ring (bicyclic) bond motifs is 1. The lowest BCUT2D eigenvalue weighted by atomic mass is 10.2. The van der Waals surface area contributed by atoms with Gasteiger partial charge in [-0.1, -0.05) is 57.0 Å². The molecule has 0 saturated carbocycles. The van der Waals surface area contributed by atoms with Crippen LogP contribution in [-0.2, 0) is 25.8 Å². The Morgan fingerprint density at radius 3 is 2.56 bits per heavy atom. The average molecular weight is 358 g/mol. The van der Waals surface area contributed by atoms with Crippen LogP contribution in [0.25, 0.3) is 11.0 Å². The van der Waals surface area contributed by atoms with E-state index in [2.05, 4.69) is 57.4 Å². The topological polar surface area (TPSA) is 48.5 Å². The van der Waals surface area contributed by atoms with Gasteiger partial charge in [-0.3, -0.25) is 0 Å². The number of thioether (sulfide) groups is 1. The number of benzene rings is 1. The third kappa shape index (κ3) is 4.06. The van der Waals surface area contributed by atoms with Crippen molar-refractivity contribution in [3.05, 3.63) is 35.9 Å². The van der Waals surface area contributed by atoms with Gasteiger partial charge in [-0.2, -0.15) is 0 Å². The molecule has 0 aliphatic heterocycles. The van der Waals surface area contributed by atoms with E-state index in [0.717, 1.165) is 41.0 Å². The van der Waals surface area contributed by atoms with Crippen LogP contribution in [0.5, 0.6) is 0 Å². The van der Waals surface area contributed by atoms with Gasteiger partial charge in [0.1, 0.15) is 11.6 Å². The summed E-state index contributed by atoms with van der Waals surface area (Å²) in [6.07, 6.45) is 5.94. The monoisotopic (exact) mass is 357 g/mol.